The van der Waals surface area contributed by atoms with Crippen molar-refractivity contribution in [2.45, 2.75) is 33.1 Å². The number of ether oxygens (including phenoxy) is 2. The van der Waals surface area contributed by atoms with E-state index in [2.05, 4.69) is 31.1 Å². The fourth-order valence-electron chi connectivity index (χ4n) is 3.81. The van der Waals surface area contributed by atoms with Crippen molar-refractivity contribution in [2.75, 3.05) is 11.9 Å². The van der Waals surface area contributed by atoms with Gasteiger partial charge in [0.25, 0.3) is 11.5 Å². The SMILES string of the molecule is CCOC(=O)c1ccc(NC(=O)/C(C#N)=C\c2c(Oc3ccc(C(C)(C)C)cc3)nc3ccccn3c2=O)cc1. The van der Waals surface area contributed by atoms with Crippen molar-refractivity contribution in [3.8, 4) is 17.7 Å². The summed E-state index contributed by atoms with van der Waals surface area (Å²) in [5.41, 5.74) is 1.16. The summed E-state index contributed by atoms with van der Waals surface area (Å²) in [7, 11) is 0. The minimum absolute atomic E-state index is 0.0425. The van der Waals surface area contributed by atoms with Crippen molar-refractivity contribution >= 4 is 29.3 Å². The van der Waals surface area contributed by atoms with Gasteiger partial charge < -0.3 is 14.8 Å². The number of rotatable bonds is 7. The Morgan fingerprint density at radius 1 is 1.05 bits per heavy atom. The number of aromatic nitrogens is 2. The lowest BCUT2D eigenvalue weighted by atomic mass is 9.87. The average Bonchev–Trinajstić information content (AvgIpc) is 2.93. The average molecular weight is 537 g/mol. The highest BCUT2D eigenvalue weighted by atomic mass is 16.5. The maximum atomic E-state index is 13.4. The number of amides is 1. The predicted octanol–water partition coefficient (Wildman–Crippen LogP) is 5.51. The molecular weight excluding hydrogens is 508 g/mol. The Morgan fingerprint density at radius 3 is 2.38 bits per heavy atom. The van der Waals surface area contributed by atoms with Gasteiger partial charge in [0.2, 0.25) is 5.88 Å². The monoisotopic (exact) mass is 536 g/mol. The maximum Gasteiger partial charge on any atom is 0.338 e. The summed E-state index contributed by atoms with van der Waals surface area (Å²) < 4.78 is 12.3. The van der Waals surface area contributed by atoms with Crippen LogP contribution < -0.4 is 15.6 Å². The standard InChI is InChI=1S/C31H28N4O5/c1-5-39-30(38)20-9-13-23(14-10-20)33-27(36)21(19-32)18-25-28(34-26-8-6-7-17-35(26)29(25)37)40-24-15-11-22(12-16-24)31(2,3)4/h6-18H,5H2,1-4H3,(H,33,36)/b21-18-. The van der Waals surface area contributed by atoms with Crippen LogP contribution in [0.25, 0.3) is 11.7 Å². The van der Waals surface area contributed by atoms with Crippen LogP contribution in [-0.4, -0.2) is 27.9 Å². The molecule has 9 nitrogen and oxygen atoms in total. The molecule has 0 saturated heterocycles. The first-order valence-corrected chi connectivity index (χ1v) is 12.6. The van der Waals surface area contributed by atoms with E-state index < -0.39 is 17.4 Å². The van der Waals surface area contributed by atoms with Gasteiger partial charge in [-0.25, -0.2) is 4.79 Å². The Balaban J connectivity index is 1.69. The Hall–Kier alpha value is -5.23. The highest BCUT2D eigenvalue weighted by Gasteiger charge is 2.19. The molecular formula is C31H28N4O5. The number of carbonyl (C=O) groups excluding carboxylic acids is 2. The molecule has 2 heterocycles. The number of benzene rings is 2. The Kier molecular flexibility index (Phi) is 8.10. The molecule has 4 aromatic rings. The van der Waals surface area contributed by atoms with Crippen molar-refractivity contribution in [1.29, 1.82) is 5.26 Å². The first kappa shape index (κ1) is 27.8. The summed E-state index contributed by atoms with van der Waals surface area (Å²) in [4.78, 5) is 42.8. The van der Waals surface area contributed by atoms with Crippen molar-refractivity contribution in [3.63, 3.8) is 0 Å². The molecule has 202 valence electrons. The predicted molar refractivity (Wildman–Crippen MR) is 151 cm³/mol. The van der Waals surface area contributed by atoms with Crippen molar-refractivity contribution < 1.29 is 19.1 Å². The second-order valence-corrected chi connectivity index (χ2v) is 9.86. The first-order chi connectivity index (χ1) is 19.1. The van der Waals surface area contributed by atoms with E-state index in [1.54, 1.807) is 43.5 Å². The van der Waals surface area contributed by atoms with Gasteiger partial charge in [0.15, 0.2) is 0 Å². The molecule has 1 amide bonds. The molecule has 0 unspecified atom stereocenters. The van der Waals surface area contributed by atoms with Crippen LogP contribution in [-0.2, 0) is 14.9 Å². The van der Waals surface area contributed by atoms with Crippen LogP contribution in [0.1, 0.15) is 49.2 Å². The molecule has 0 aliphatic rings. The van der Waals surface area contributed by atoms with Gasteiger partial charge in [-0.1, -0.05) is 39.0 Å². The number of hydrogen-bond donors (Lipinski definition) is 1. The molecule has 0 bridgehead atoms. The minimum atomic E-state index is -0.746. The fourth-order valence-corrected chi connectivity index (χ4v) is 3.81. The molecule has 40 heavy (non-hydrogen) atoms. The quantitative estimate of drug-likeness (QED) is 0.188. The van der Waals surface area contributed by atoms with E-state index in [-0.39, 0.29) is 29.0 Å². The van der Waals surface area contributed by atoms with E-state index in [9.17, 15) is 19.6 Å². The van der Waals surface area contributed by atoms with Crippen LogP contribution in [0.4, 0.5) is 5.69 Å². The molecule has 2 aromatic carbocycles. The number of esters is 1. The molecule has 0 spiro atoms. The lowest BCUT2D eigenvalue weighted by molar-refractivity contribution is -0.112. The molecule has 2 aromatic heterocycles. The molecule has 9 heteroatoms. The van der Waals surface area contributed by atoms with Gasteiger partial charge in [-0.15, -0.1) is 0 Å². The lowest BCUT2D eigenvalue weighted by Crippen LogP contribution is -2.20. The van der Waals surface area contributed by atoms with Gasteiger partial charge in [-0.05, 0) is 72.5 Å². The number of carbonyl (C=O) groups is 2. The molecule has 0 radical (unpaired) electrons. The maximum absolute atomic E-state index is 13.4. The first-order valence-electron chi connectivity index (χ1n) is 12.6. The van der Waals surface area contributed by atoms with Crippen molar-refractivity contribution in [2.24, 2.45) is 0 Å². The fraction of sp³-hybridized carbons (Fsp3) is 0.194. The van der Waals surface area contributed by atoms with Crippen LogP contribution in [0.3, 0.4) is 0 Å². The molecule has 0 atom stereocenters. The third kappa shape index (κ3) is 6.25. The largest absolute Gasteiger partial charge is 0.462 e. The van der Waals surface area contributed by atoms with Gasteiger partial charge in [-0.2, -0.15) is 10.2 Å². The molecule has 0 aliphatic heterocycles. The van der Waals surface area contributed by atoms with Gasteiger partial charge in [0, 0.05) is 11.9 Å². The number of hydrogen-bond acceptors (Lipinski definition) is 7. The minimum Gasteiger partial charge on any atom is -0.462 e. The van der Waals surface area contributed by atoms with Gasteiger partial charge >= 0.3 is 5.97 Å². The number of anilines is 1. The Labute approximate surface area is 231 Å². The van der Waals surface area contributed by atoms with Crippen molar-refractivity contribution in [3.05, 3.63) is 106 Å². The second-order valence-electron chi connectivity index (χ2n) is 9.86. The molecule has 4 rings (SSSR count). The summed E-state index contributed by atoms with van der Waals surface area (Å²) in [5.74, 6) is -0.828. The smallest absolute Gasteiger partial charge is 0.338 e. The number of nitrogens with one attached hydrogen (secondary N) is 1. The zero-order valence-electron chi connectivity index (χ0n) is 22.6. The van der Waals surface area contributed by atoms with E-state index in [0.29, 0.717) is 22.6 Å². The number of fused-ring (bicyclic) bond motifs is 1. The normalized spacial score (nSPS) is 11.5. The molecule has 1 N–H and O–H groups in total. The Morgan fingerprint density at radius 2 is 1.75 bits per heavy atom. The number of pyridine rings is 1. The topological polar surface area (TPSA) is 123 Å². The van der Waals surface area contributed by atoms with E-state index >= 15 is 0 Å². The van der Waals surface area contributed by atoms with E-state index in [1.807, 2.05) is 18.2 Å². The lowest BCUT2D eigenvalue weighted by Gasteiger charge is -2.19. The number of nitriles is 1. The third-order valence-electron chi connectivity index (χ3n) is 5.98. The van der Waals surface area contributed by atoms with Crippen molar-refractivity contribution in [1.82, 2.24) is 9.38 Å². The highest BCUT2D eigenvalue weighted by molar-refractivity contribution is 6.10. The van der Waals surface area contributed by atoms with Crippen LogP contribution in [0.2, 0.25) is 0 Å². The zero-order valence-corrected chi connectivity index (χ0v) is 22.6. The van der Waals surface area contributed by atoms with Gasteiger partial charge in [-0.3, -0.25) is 14.0 Å². The summed E-state index contributed by atoms with van der Waals surface area (Å²) in [6.07, 6.45) is 2.71. The summed E-state index contributed by atoms with van der Waals surface area (Å²) >= 11 is 0. The van der Waals surface area contributed by atoms with Crippen LogP contribution >= 0.6 is 0 Å². The van der Waals surface area contributed by atoms with E-state index in [4.69, 9.17) is 9.47 Å². The number of nitrogens with zero attached hydrogens (tertiary/aromatic N) is 3. The highest BCUT2D eigenvalue weighted by Crippen LogP contribution is 2.28. The molecule has 0 aliphatic carbocycles. The second kappa shape index (κ2) is 11.7. The van der Waals surface area contributed by atoms with E-state index in [0.717, 1.165) is 11.6 Å². The van der Waals surface area contributed by atoms with Crippen LogP contribution in [0, 0.1) is 11.3 Å². The summed E-state index contributed by atoms with van der Waals surface area (Å²) in [6.45, 7) is 8.24. The Bertz CT molecular complexity index is 1690. The molecule has 0 saturated carbocycles. The van der Waals surface area contributed by atoms with Crippen LogP contribution in [0.5, 0.6) is 11.6 Å². The zero-order chi connectivity index (χ0) is 28.9. The van der Waals surface area contributed by atoms with Gasteiger partial charge in [0.1, 0.15) is 28.6 Å². The third-order valence-corrected chi connectivity index (χ3v) is 5.98. The molecule has 0 fully saturated rings. The summed E-state index contributed by atoms with van der Waals surface area (Å²) in [6, 6.07) is 20.4. The summed E-state index contributed by atoms with van der Waals surface area (Å²) in [5, 5.41) is 12.4. The van der Waals surface area contributed by atoms with Crippen LogP contribution in [0.15, 0.2) is 83.3 Å². The van der Waals surface area contributed by atoms with E-state index in [1.165, 1.54) is 28.7 Å². The van der Waals surface area contributed by atoms with Gasteiger partial charge in [0.05, 0.1) is 12.2 Å².